The quantitative estimate of drug-likeness (QED) is 0.932. The van der Waals surface area contributed by atoms with Crippen LogP contribution < -0.4 is 5.32 Å². The molecule has 1 saturated heterocycles. The molecule has 1 atom stereocenters. The molecule has 2 heterocycles. The number of nitrogens with one attached hydrogen (secondary N) is 1. The first-order chi connectivity index (χ1) is 10.0. The summed E-state index contributed by atoms with van der Waals surface area (Å²) in [6.07, 6.45) is 6.75. The van der Waals surface area contributed by atoms with Crippen LogP contribution in [0, 0.1) is 5.92 Å². The normalized spacial score (nSPS) is 23.4. The van der Waals surface area contributed by atoms with Gasteiger partial charge in [0.2, 0.25) is 10.0 Å². The summed E-state index contributed by atoms with van der Waals surface area (Å²) in [5.74, 6) is 0.447. The number of rotatable bonds is 3. The topological polar surface area (TPSA) is 49.4 Å². The number of hydrogen-bond donors (Lipinski definition) is 1. The third-order valence-corrected chi connectivity index (χ3v) is 5.85. The van der Waals surface area contributed by atoms with Gasteiger partial charge in [0.1, 0.15) is 0 Å². The van der Waals surface area contributed by atoms with Crippen LogP contribution in [0.5, 0.6) is 0 Å². The summed E-state index contributed by atoms with van der Waals surface area (Å²) < 4.78 is 25.0. The van der Waals surface area contributed by atoms with Gasteiger partial charge >= 0.3 is 0 Å². The van der Waals surface area contributed by atoms with Gasteiger partial charge in [0.05, 0.1) is 6.26 Å². The Balaban J connectivity index is 1.69. The van der Waals surface area contributed by atoms with E-state index in [-0.39, 0.29) is 0 Å². The van der Waals surface area contributed by atoms with Crippen LogP contribution in [0.25, 0.3) is 0 Å². The van der Waals surface area contributed by atoms with Gasteiger partial charge in [-0.1, -0.05) is 12.1 Å². The van der Waals surface area contributed by atoms with Crippen molar-refractivity contribution in [2.24, 2.45) is 5.92 Å². The molecule has 21 heavy (non-hydrogen) atoms. The Labute approximate surface area is 127 Å². The molecule has 0 aliphatic carbocycles. The van der Waals surface area contributed by atoms with Crippen molar-refractivity contribution in [1.82, 2.24) is 4.31 Å². The highest BCUT2D eigenvalue weighted by molar-refractivity contribution is 7.88. The molecule has 1 N–H and O–H groups in total. The van der Waals surface area contributed by atoms with Crippen molar-refractivity contribution in [3.05, 3.63) is 29.3 Å². The van der Waals surface area contributed by atoms with Crippen LogP contribution in [-0.2, 0) is 22.9 Å². The summed E-state index contributed by atoms with van der Waals surface area (Å²) in [5, 5.41) is 3.43. The Hall–Kier alpha value is -1.07. The molecule has 0 radical (unpaired) electrons. The maximum absolute atomic E-state index is 11.7. The van der Waals surface area contributed by atoms with Gasteiger partial charge in [-0.15, -0.1) is 0 Å². The Morgan fingerprint density at radius 1 is 1.33 bits per heavy atom. The van der Waals surface area contributed by atoms with E-state index in [1.165, 1.54) is 29.5 Å². The molecule has 4 nitrogen and oxygen atoms in total. The third-order valence-electron chi connectivity index (χ3n) is 4.58. The van der Waals surface area contributed by atoms with Crippen molar-refractivity contribution in [2.45, 2.75) is 32.1 Å². The van der Waals surface area contributed by atoms with Gasteiger partial charge in [0, 0.05) is 25.3 Å². The number of benzene rings is 1. The van der Waals surface area contributed by atoms with E-state index in [4.69, 9.17) is 0 Å². The van der Waals surface area contributed by atoms with E-state index >= 15 is 0 Å². The predicted molar refractivity (Wildman–Crippen MR) is 86.1 cm³/mol. The molecule has 3 rings (SSSR count). The minimum Gasteiger partial charge on any atom is -0.385 e. The van der Waals surface area contributed by atoms with Crippen LogP contribution in [0.2, 0.25) is 0 Å². The van der Waals surface area contributed by atoms with Crippen LogP contribution in [0.15, 0.2) is 18.2 Å². The second-order valence-electron chi connectivity index (χ2n) is 6.36. The first-order valence-electron chi connectivity index (χ1n) is 7.83. The molecule has 2 aliphatic heterocycles. The van der Waals surface area contributed by atoms with Gasteiger partial charge in [-0.3, -0.25) is 0 Å². The zero-order valence-electron chi connectivity index (χ0n) is 12.6. The highest BCUT2D eigenvalue weighted by Gasteiger charge is 2.26. The van der Waals surface area contributed by atoms with E-state index < -0.39 is 10.0 Å². The third kappa shape index (κ3) is 3.58. The van der Waals surface area contributed by atoms with Crippen LogP contribution in [0.1, 0.15) is 30.4 Å². The Morgan fingerprint density at radius 3 is 3.00 bits per heavy atom. The van der Waals surface area contributed by atoms with E-state index in [0.717, 1.165) is 32.2 Å². The van der Waals surface area contributed by atoms with E-state index in [0.29, 0.717) is 19.0 Å². The van der Waals surface area contributed by atoms with Gasteiger partial charge < -0.3 is 5.32 Å². The number of sulfonamides is 1. The standard InChI is InChI=1S/C16H24N2O2S/c1-21(19,20)18-9-3-4-14(12-18)10-13-6-7-16-15(11-13)5-2-8-17-16/h6-7,11,14,17H,2-5,8-10,12H2,1H3. The van der Waals surface area contributed by atoms with Gasteiger partial charge in [0.25, 0.3) is 0 Å². The summed E-state index contributed by atoms with van der Waals surface area (Å²) in [6.45, 7) is 2.43. The molecule has 116 valence electrons. The zero-order valence-corrected chi connectivity index (χ0v) is 13.5. The van der Waals surface area contributed by atoms with Crippen LogP contribution in [-0.4, -0.2) is 38.6 Å². The van der Waals surface area contributed by atoms with Gasteiger partial charge in [0.15, 0.2) is 0 Å². The lowest BCUT2D eigenvalue weighted by atomic mass is 9.90. The fourth-order valence-electron chi connectivity index (χ4n) is 3.48. The van der Waals surface area contributed by atoms with E-state index in [1.54, 1.807) is 4.31 Å². The van der Waals surface area contributed by atoms with Gasteiger partial charge in [-0.25, -0.2) is 12.7 Å². The number of aryl methyl sites for hydroxylation is 1. The fraction of sp³-hybridized carbons (Fsp3) is 0.625. The summed E-state index contributed by atoms with van der Waals surface area (Å²) >= 11 is 0. The molecule has 0 amide bonds. The first-order valence-corrected chi connectivity index (χ1v) is 9.68. The van der Waals surface area contributed by atoms with Crippen molar-refractivity contribution in [3.8, 4) is 0 Å². The van der Waals surface area contributed by atoms with Crippen molar-refractivity contribution < 1.29 is 8.42 Å². The number of fused-ring (bicyclic) bond motifs is 1. The average Bonchev–Trinajstić information content (AvgIpc) is 2.46. The molecule has 1 aromatic rings. The van der Waals surface area contributed by atoms with Gasteiger partial charge in [-0.05, 0) is 55.2 Å². The Kier molecular flexibility index (Phi) is 4.22. The largest absolute Gasteiger partial charge is 0.385 e. The number of anilines is 1. The fourth-order valence-corrected chi connectivity index (χ4v) is 4.43. The monoisotopic (exact) mass is 308 g/mol. The molecular weight excluding hydrogens is 284 g/mol. The lowest BCUT2D eigenvalue weighted by Gasteiger charge is -2.31. The zero-order chi connectivity index (χ0) is 14.9. The molecule has 0 bridgehead atoms. The second kappa shape index (κ2) is 5.97. The number of piperidine rings is 1. The van der Waals surface area contributed by atoms with Crippen molar-refractivity contribution in [2.75, 3.05) is 31.2 Å². The summed E-state index contributed by atoms with van der Waals surface area (Å²) in [5.41, 5.74) is 4.03. The Morgan fingerprint density at radius 2 is 2.19 bits per heavy atom. The minimum absolute atomic E-state index is 0.447. The lowest BCUT2D eigenvalue weighted by Crippen LogP contribution is -2.39. The Bertz CT molecular complexity index is 613. The molecular formula is C16H24N2O2S. The number of nitrogens with zero attached hydrogens (tertiary/aromatic N) is 1. The second-order valence-corrected chi connectivity index (χ2v) is 8.34. The molecule has 0 saturated carbocycles. The van der Waals surface area contributed by atoms with Crippen LogP contribution >= 0.6 is 0 Å². The highest BCUT2D eigenvalue weighted by Crippen LogP contribution is 2.27. The molecule has 1 fully saturated rings. The van der Waals surface area contributed by atoms with Crippen LogP contribution in [0.4, 0.5) is 5.69 Å². The maximum atomic E-state index is 11.7. The van der Waals surface area contributed by atoms with Crippen molar-refractivity contribution >= 4 is 15.7 Å². The lowest BCUT2D eigenvalue weighted by molar-refractivity contribution is 0.267. The highest BCUT2D eigenvalue weighted by atomic mass is 32.2. The predicted octanol–water partition coefficient (Wildman–Crippen LogP) is 2.26. The molecule has 1 aromatic carbocycles. The molecule has 0 aromatic heterocycles. The number of hydrogen-bond acceptors (Lipinski definition) is 3. The smallest absolute Gasteiger partial charge is 0.211 e. The van der Waals surface area contributed by atoms with E-state index in [2.05, 4.69) is 23.5 Å². The SMILES string of the molecule is CS(=O)(=O)N1CCCC(Cc2ccc3c(c2)CCCN3)C1. The summed E-state index contributed by atoms with van der Waals surface area (Å²) in [4.78, 5) is 0. The summed E-state index contributed by atoms with van der Waals surface area (Å²) in [7, 11) is -3.04. The molecule has 0 spiro atoms. The average molecular weight is 308 g/mol. The van der Waals surface area contributed by atoms with Crippen molar-refractivity contribution in [1.29, 1.82) is 0 Å². The summed E-state index contributed by atoms with van der Waals surface area (Å²) in [6, 6.07) is 6.68. The maximum Gasteiger partial charge on any atom is 0.211 e. The van der Waals surface area contributed by atoms with E-state index in [9.17, 15) is 8.42 Å². The molecule has 1 unspecified atom stereocenters. The van der Waals surface area contributed by atoms with Crippen molar-refractivity contribution in [3.63, 3.8) is 0 Å². The molecule has 2 aliphatic rings. The first kappa shape index (κ1) is 14.9. The van der Waals surface area contributed by atoms with Crippen LogP contribution in [0.3, 0.4) is 0 Å². The molecule has 5 heteroatoms. The minimum atomic E-state index is -3.04. The van der Waals surface area contributed by atoms with E-state index in [1.807, 2.05) is 0 Å². The van der Waals surface area contributed by atoms with Gasteiger partial charge in [-0.2, -0.15) is 0 Å².